The lowest BCUT2D eigenvalue weighted by Crippen LogP contribution is -2.48. The number of nitrogens with zero attached hydrogens (tertiary/aromatic N) is 1. The van der Waals surface area contributed by atoms with Crippen molar-refractivity contribution in [1.82, 2.24) is 9.88 Å². The molecule has 1 atom stereocenters. The van der Waals surface area contributed by atoms with Crippen LogP contribution in [0.1, 0.15) is 24.8 Å². The first-order chi connectivity index (χ1) is 10.6. The molecule has 116 valence electrons. The van der Waals surface area contributed by atoms with Gasteiger partial charge in [-0.15, -0.1) is 0 Å². The van der Waals surface area contributed by atoms with E-state index in [2.05, 4.69) is 4.98 Å². The molecule has 0 radical (unpaired) electrons. The molecule has 2 aromatic rings. The fourth-order valence-corrected chi connectivity index (χ4v) is 3.06. The number of aromatic amines is 1. The number of fused-ring (bicyclic) bond motifs is 1. The molecule has 1 aliphatic rings. The predicted octanol–water partition coefficient (Wildman–Crippen LogP) is 2.32. The Morgan fingerprint density at radius 1 is 1.36 bits per heavy atom. The van der Waals surface area contributed by atoms with E-state index in [0.717, 1.165) is 23.8 Å². The van der Waals surface area contributed by atoms with Gasteiger partial charge in [0, 0.05) is 23.6 Å². The van der Waals surface area contributed by atoms with Crippen LogP contribution in [0.2, 0.25) is 0 Å². The van der Waals surface area contributed by atoms with E-state index in [1.165, 1.54) is 17.0 Å². The Kier molecular flexibility index (Phi) is 3.83. The molecule has 1 aliphatic heterocycles. The van der Waals surface area contributed by atoms with Gasteiger partial charge >= 0.3 is 5.97 Å². The van der Waals surface area contributed by atoms with Crippen LogP contribution in [-0.4, -0.2) is 39.5 Å². The van der Waals surface area contributed by atoms with Gasteiger partial charge in [-0.1, -0.05) is 0 Å². The summed E-state index contributed by atoms with van der Waals surface area (Å²) in [6.45, 7) is 0.479. The maximum Gasteiger partial charge on any atom is 0.326 e. The molecule has 22 heavy (non-hydrogen) atoms. The van der Waals surface area contributed by atoms with Gasteiger partial charge in [0.2, 0.25) is 5.91 Å². The Labute approximate surface area is 126 Å². The molecular weight excluding hydrogens is 287 g/mol. The number of hydrogen-bond donors (Lipinski definition) is 2. The fourth-order valence-electron chi connectivity index (χ4n) is 3.06. The number of carbonyl (C=O) groups is 2. The first-order valence-electron chi connectivity index (χ1n) is 7.34. The third-order valence-corrected chi connectivity index (χ3v) is 4.18. The van der Waals surface area contributed by atoms with Crippen LogP contribution in [0.4, 0.5) is 4.39 Å². The number of piperidine rings is 1. The van der Waals surface area contributed by atoms with Crippen molar-refractivity contribution in [3.8, 4) is 0 Å². The molecule has 1 amide bonds. The summed E-state index contributed by atoms with van der Waals surface area (Å²) in [5.41, 5.74) is 1.39. The van der Waals surface area contributed by atoms with E-state index >= 15 is 0 Å². The summed E-state index contributed by atoms with van der Waals surface area (Å²) >= 11 is 0. The number of amides is 1. The second-order valence-electron chi connectivity index (χ2n) is 5.62. The van der Waals surface area contributed by atoms with Crippen molar-refractivity contribution in [2.45, 2.75) is 31.7 Å². The van der Waals surface area contributed by atoms with E-state index in [9.17, 15) is 19.1 Å². The zero-order valence-electron chi connectivity index (χ0n) is 12.0. The van der Waals surface area contributed by atoms with Crippen molar-refractivity contribution >= 4 is 22.8 Å². The topological polar surface area (TPSA) is 73.4 Å². The average molecular weight is 304 g/mol. The molecular formula is C16H17FN2O3. The fraction of sp³-hybridized carbons (Fsp3) is 0.375. The minimum atomic E-state index is -0.950. The van der Waals surface area contributed by atoms with Gasteiger partial charge < -0.3 is 15.0 Å². The van der Waals surface area contributed by atoms with Gasteiger partial charge in [0.25, 0.3) is 0 Å². The van der Waals surface area contributed by atoms with Crippen LogP contribution in [-0.2, 0) is 16.0 Å². The molecule has 6 heteroatoms. The van der Waals surface area contributed by atoms with Crippen LogP contribution in [0.25, 0.3) is 10.9 Å². The summed E-state index contributed by atoms with van der Waals surface area (Å²) in [6, 6.07) is 3.63. The van der Waals surface area contributed by atoms with Gasteiger partial charge in [0.1, 0.15) is 11.9 Å². The molecule has 1 aromatic carbocycles. The normalized spacial score (nSPS) is 18.6. The van der Waals surface area contributed by atoms with Crippen LogP contribution in [0.15, 0.2) is 24.4 Å². The number of rotatable bonds is 3. The summed E-state index contributed by atoms with van der Waals surface area (Å²) in [7, 11) is 0. The number of likely N-dealkylation sites (tertiary alicyclic amines) is 1. The smallest absolute Gasteiger partial charge is 0.326 e. The number of carboxylic acid groups (broad SMARTS) is 1. The van der Waals surface area contributed by atoms with Gasteiger partial charge in [-0.05, 0) is 43.0 Å². The van der Waals surface area contributed by atoms with Crippen LogP contribution < -0.4 is 0 Å². The number of hydrogen-bond acceptors (Lipinski definition) is 2. The number of halogens is 1. The molecule has 5 nitrogen and oxygen atoms in total. The van der Waals surface area contributed by atoms with Crippen molar-refractivity contribution in [3.05, 3.63) is 35.8 Å². The number of aliphatic carboxylic acids is 1. The highest BCUT2D eigenvalue weighted by molar-refractivity contribution is 5.90. The number of aromatic nitrogens is 1. The average Bonchev–Trinajstić information content (AvgIpc) is 2.89. The maximum absolute atomic E-state index is 13.2. The monoisotopic (exact) mass is 304 g/mol. The predicted molar refractivity (Wildman–Crippen MR) is 78.9 cm³/mol. The first kappa shape index (κ1) is 14.6. The second kappa shape index (κ2) is 5.79. The minimum Gasteiger partial charge on any atom is -0.480 e. The molecule has 0 spiro atoms. The van der Waals surface area contributed by atoms with Crippen LogP contribution in [0.3, 0.4) is 0 Å². The number of nitrogens with one attached hydrogen (secondary N) is 1. The number of benzene rings is 1. The SMILES string of the molecule is O=C(O)C1CCCCN1C(=O)Cc1c[nH]c2cc(F)ccc12. The van der Waals surface area contributed by atoms with Gasteiger partial charge in [0.15, 0.2) is 0 Å². The lowest BCUT2D eigenvalue weighted by molar-refractivity contribution is -0.151. The Bertz CT molecular complexity index is 725. The van der Waals surface area contributed by atoms with Crippen LogP contribution >= 0.6 is 0 Å². The van der Waals surface area contributed by atoms with Crippen molar-refractivity contribution in [3.63, 3.8) is 0 Å². The lowest BCUT2D eigenvalue weighted by Gasteiger charge is -2.33. The quantitative estimate of drug-likeness (QED) is 0.914. The Balaban J connectivity index is 1.81. The Morgan fingerprint density at radius 3 is 2.95 bits per heavy atom. The summed E-state index contributed by atoms with van der Waals surface area (Å²) < 4.78 is 13.2. The Morgan fingerprint density at radius 2 is 2.18 bits per heavy atom. The summed E-state index contributed by atoms with van der Waals surface area (Å²) in [5, 5.41) is 10.0. The first-order valence-corrected chi connectivity index (χ1v) is 7.34. The molecule has 1 unspecified atom stereocenters. The van der Waals surface area contributed by atoms with E-state index in [-0.39, 0.29) is 18.1 Å². The summed E-state index contributed by atoms with van der Waals surface area (Å²) in [5.74, 6) is -1.49. The molecule has 1 saturated heterocycles. The molecule has 1 fully saturated rings. The van der Waals surface area contributed by atoms with Gasteiger partial charge in [-0.3, -0.25) is 4.79 Å². The molecule has 3 rings (SSSR count). The van der Waals surface area contributed by atoms with E-state index in [1.54, 1.807) is 12.3 Å². The molecule has 2 N–H and O–H groups in total. The number of carboxylic acids is 1. The number of H-pyrrole nitrogens is 1. The van der Waals surface area contributed by atoms with Gasteiger partial charge in [-0.25, -0.2) is 9.18 Å². The van der Waals surface area contributed by atoms with Crippen LogP contribution in [0.5, 0.6) is 0 Å². The van der Waals surface area contributed by atoms with Crippen molar-refractivity contribution in [1.29, 1.82) is 0 Å². The highest BCUT2D eigenvalue weighted by Gasteiger charge is 2.31. The largest absolute Gasteiger partial charge is 0.480 e. The Hall–Kier alpha value is -2.37. The molecule has 1 aromatic heterocycles. The van der Waals surface area contributed by atoms with Crippen molar-refractivity contribution < 1.29 is 19.1 Å². The van der Waals surface area contributed by atoms with Gasteiger partial charge in [0.05, 0.1) is 6.42 Å². The molecule has 0 saturated carbocycles. The lowest BCUT2D eigenvalue weighted by atomic mass is 10.0. The van der Waals surface area contributed by atoms with Crippen molar-refractivity contribution in [2.24, 2.45) is 0 Å². The minimum absolute atomic E-state index is 0.120. The van der Waals surface area contributed by atoms with E-state index in [0.29, 0.717) is 18.5 Å². The molecule has 0 aliphatic carbocycles. The molecule has 0 bridgehead atoms. The highest BCUT2D eigenvalue weighted by Crippen LogP contribution is 2.23. The highest BCUT2D eigenvalue weighted by atomic mass is 19.1. The van der Waals surface area contributed by atoms with E-state index in [4.69, 9.17) is 0 Å². The van der Waals surface area contributed by atoms with E-state index in [1.807, 2.05) is 0 Å². The summed E-state index contributed by atoms with van der Waals surface area (Å²) in [6.07, 6.45) is 3.96. The summed E-state index contributed by atoms with van der Waals surface area (Å²) in [4.78, 5) is 28.1. The zero-order valence-corrected chi connectivity index (χ0v) is 12.0. The standard InChI is InChI=1S/C16H17FN2O3/c17-11-4-5-12-10(9-18-13(12)8-11)7-15(20)19-6-2-1-3-14(19)16(21)22/h4-5,8-9,14,18H,1-3,6-7H2,(H,21,22). The van der Waals surface area contributed by atoms with Gasteiger partial charge in [-0.2, -0.15) is 0 Å². The van der Waals surface area contributed by atoms with Crippen LogP contribution in [0, 0.1) is 5.82 Å². The second-order valence-corrected chi connectivity index (χ2v) is 5.62. The third-order valence-electron chi connectivity index (χ3n) is 4.18. The zero-order chi connectivity index (χ0) is 15.7. The third kappa shape index (κ3) is 2.68. The van der Waals surface area contributed by atoms with Crippen molar-refractivity contribution in [2.75, 3.05) is 6.54 Å². The molecule has 2 heterocycles. The maximum atomic E-state index is 13.2. The number of carbonyl (C=O) groups excluding carboxylic acids is 1. The van der Waals surface area contributed by atoms with E-state index < -0.39 is 12.0 Å².